The molecule has 0 saturated heterocycles. The third-order valence-corrected chi connectivity index (χ3v) is 5.27. The Balaban J connectivity index is 0.00000127. The van der Waals surface area contributed by atoms with Gasteiger partial charge in [0.15, 0.2) is 0 Å². The van der Waals surface area contributed by atoms with E-state index in [1.807, 2.05) is 110 Å². The first-order valence-electron chi connectivity index (χ1n) is 12.3. The third-order valence-electron chi connectivity index (χ3n) is 5.27. The van der Waals surface area contributed by atoms with Crippen molar-refractivity contribution in [2.24, 2.45) is 0 Å². The molecular formula is C31H33N5O2. The van der Waals surface area contributed by atoms with E-state index in [2.05, 4.69) is 27.5 Å². The number of hydrogen-bond acceptors (Lipinski definition) is 3. The van der Waals surface area contributed by atoms with Crippen LogP contribution < -0.4 is 16.0 Å². The van der Waals surface area contributed by atoms with Crippen LogP contribution in [0.15, 0.2) is 122 Å². The van der Waals surface area contributed by atoms with Gasteiger partial charge in [-0.1, -0.05) is 72.8 Å². The van der Waals surface area contributed by atoms with Crippen molar-refractivity contribution in [2.45, 2.75) is 26.6 Å². The third kappa shape index (κ3) is 9.62. The van der Waals surface area contributed by atoms with Crippen molar-refractivity contribution in [1.29, 1.82) is 0 Å². The number of amides is 4. The van der Waals surface area contributed by atoms with Crippen molar-refractivity contribution in [3.8, 4) is 0 Å². The van der Waals surface area contributed by atoms with Gasteiger partial charge in [-0.3, -0.25) is 4.98 Å². The Labute approximate surface area is 224 Å². The molecule has 7 nitrogen and oxygen atoms in total. The summed E-state index contributed by atoms with van der Waals surface area (Å²) >= 11 is 0. The van der Waals surface area contributed by atoms with E-state index >= 15 is 0 Å². The Morgan fingerprint density at radius 3 is 1.89 bits per heavy atom. The van der Waals surface area contributed by atoms with Crippen LogP contribution in [0.1, 0.15) is 23.7 Å². The number of para-hydroxylation sites is 2. The van der Waals surface area contributed by atoms with Crippen LogP contribution in [0.4, 0.5) is 21.0 Å². The lowest BCUT2D eigenvalue weighted by Crippen LogP contribution is -2.34. The Morgan fingerprint density at radius 2 is 1.32 bits per heavy atom. The number of nitrogens with zero attached hydrogens (tertiary/aromatic N) is 2. The molecule has 0 fully saturated rings. The molecule has 3 aromatic carbocycles. The monoisotopic (exact) mass is 507 g/mol. The van der Waals surface area contributed by atoms with Gasteiger partial charge in [-0.15, -0.1) is 6.58 Å². The first kappa shape index (κ1) is 27.7. The lowest BCUT2D eigenvalue weighted by molar-refractivity contribution is 0.205. The molecule has 0 atom stereocenters. The van der Waals surface area contributed by atoms with E-state index in [9.17, 15) is 9.59 Å². The number of nitrogens with one attached hydrogen (secondary N) is 3. The van der Waals surface area contributed by atoms with Crippen molar-refractivity contribution in [2.75, 3.05) is 10.6 Å². The lowest BCUT2D eigenvalue weighted by Gasteiger charge is -2.23. The van der Waals surface area contributed by atoms with Crippen molar-refractivity contribution in [3.05, 3.63) is 139 Å². The zero-order valence-electron chi connectivity index (χ0n) is 21.5. The van der Waals surface area contributed by atoms with Gasteiger partial charge in [0.05, 0.1) is 12.2 Å². The number of urea groups is 2. The van der Waals surface area contributed by atoms with Crippen LogP contribution in [0.3, 0.4) is 0 Å². The maximum absolute atomic E-state index is 13.0. The normalized spacial score (nSPS) is 9.82. The number of carbonyl (C=O) groups excluding carboxylic acids is 2. The minimum Gasteiger partial charge on any atom is -0.334 e. The summed E-state index contributed by atoms with van der Waals surface area (Å²) in [7, 11) is 0. The van der Waals surface area contributed by atoms with Gasteiger partial charge in [0.2, 0.25) is 0 Å². The summed E-state index contributed by atoms with van der Waals surface area (Å²) in [5, 5.41) is 8.60. The molecule has 0 spiro atoms. The molecule has 1 heterocycles. The second-order valence-electron chi connectivity index (χ2n) is 8.37. The highest BCUT2D eigenvalue weighted by Gasteiger charge is 2.16. The standard InChI is InChI=1S/C28H27N5O2.C3H6/c34-27(31-24-9-3-1-4-10-24)30-19-22-14-16-23(17-15-22)20-33(21-26-13-7-8-18-29-26)28(35)32-25-11-5-2-6-12-25;1-3-2/h1-18H,19-21H2,(H,32,35)(H2,30,31,34);3H,1H2,2H3. The molecule has 0 radical (unpaired) electrons. The highest BCUT2D eigenvalue weighted by atomic mass is 16.2. The summed E-state index contributed by atoms with van der Waals surface area (Å²) in [6.07, 6.45) is 3.47. The Hall–Kier alpha value is -4.91. The van der Waals surface area contributed by atoms with Crippen LogP contribution in [0, 0.1) is 0 Å². The van der Waals surface area contributed by atoms with Gasteiger partial charge < -0.3 is 20.9 Å². The van der Waals surface area contributed by atoms with Crippen LogP contribution in [-0.2, 0) is 19.6 Å². The van der Waals surface area contributed by atoms with Gasteiger partial charge in [-0.25, -0.2) is 9.59 Å². The van der Waals surface area contributed by atoms with Gasteiger partial charge in [-0.05, 0) is 54.4 Å². The molecule has 0 aliphatic heterocycles. The fraction of sp³-hybridized carbons (Fsp3) is 0.129. The number of allylic oxidation sites excluding steroid dienone is 1. The summed E-state index contributed by atoms with van der Waals surface area (Å²) in [5.74, 6) is 0. The molecule has 3 N–H and O–H groups in total. The summed E-state index contributed by atoms with van der Waals surface area (Å²) < 4.78 is 0. The summed E-state index contributed by atoms with van der Waals surface area (Å²) in [6, 6.07) is 31.7. The van der Waals surface area contributed by atoms with E-state index in [1.165, 1.54) is 0 Å². The average molecular weight is 508 g/mol. The van der Waals surface area contributed by atoms with Crippen molar-refractivity contribution < 1.29 is 9.59 Å². The van der Waals surface area contributed by atoms with E-state index in [1.54, 1.807) is 17.2 Å². The molecule has 1 aromatic heterocycles. The molecule has 4 amide bonds. The largest absolute Gasteiger partial charge is 0.334 e. The number of anilines is 2. The quantitative estimate of drug-likeness (QED) is 0.229. The predicted octanol–water partition coefficient (Wildman–Crippen LogP) is 6.83. The molecule has 4 rings (SSSR count). The molecule has 0 aliphatic carbocycles. The summed E-state index contributed by atoms with van der Waals surface area (Å²) in [5.41, 5.74) is 4.21. The molecule has 7 heteroatoms. The van der Waals surface area contributed by atoms with E-state index < -0.39 is 0 Å². The minimum atomic E-state index is -0.264. The summed E-state index contributed by atoms with van der Waals surface area (Å²) in [6.45, 7) is 6.44. The first-order chi connectivity index (χ1) is 18.6. The molecule has 0 unspecified atom stereocenters. The van der Waals surface area contributed by atoms with Gasteiger partial charge in [0, 0.05) is 30.7 Å². The van der Waals surface area contributed by atoms with Gasteiger partial charge in [0.1, 0.15) is 0 Å². The Bertz CT molecular complexity index is 1260. The smallest absolute Gasteiger partial charge is 0.322 e. The fourth-order valence-electron chi connectivity index (χ4n) is 3.47. The van der Waals surface area contributed by atoms with Gasteiger partial charge in [0.25, 0.3) is 0 Å². The van der Waals surface area contributed by atoms with Crippen LogP contribution in [0.5, 0.6) is 0 Å². The van der Waals surface area contributed by atoms with Crippen molar-refractivity contribution in [1.82, 2.24) is 15.2 Å². The SMILES string of the molecule is C=CC.O=C(NCc1ccc(CN(Cc2ccccn2)C(=O)Nc2ccccc2)cc1)Nc1ccccc1. The average Bonchev–Trinajstić information content (AvgIpc) is 2.94. The number of rotatable bonds is 8. The van der Waals surface area contributed by atoms with Gasteiger partial charge >= 0.3 is 12.1 Å². The van der Waals surface area contributed by atoms with Gasteiger partial charge in [-0.2, -0.15) is 0 Å². The fourth-order valence-corrected chi connectivity index (χ4v) is 3.47. The number of aromatic nitrogens is 1. The molecule has 0 bridgehead atoms. The second kappa shape index (κ2) is 15.3. The Morgan fingerprint density at radius 1 is 0.763 bits per heavy atom. The maximum atomic E-state index is 13.0. The second-order valence-corrected chi connectivity index (χ2v) is 8.37. The number of benzene rings is 3. The zero-order valence-corrected chi connectivity index (χ0v) is 21.5. The van der Waals surface area contributed by atoms with Crippen LogP contribution in [-0.4, -0.2) is 21.9 Å². The molecular weight excluding hydrogens is 474 g/mol. The van der Waals surface area contributed by atoms with E-state index in [0.717, 1.165) is 28.2 Å². The van der Waals surface area contributed by atoms with Crippen LogP contribution in [0.2, 0.25) is 0 Å². The maximum Gasteiger partial charge on any atom is 0.322 e. The number of pyridine rings is 1. The minimum absolute atomic E-state index is 0.204. The van der Waals surface area contributed by atoms with E-state index in [0.29, 0.717) is 19.6 Å². The topological polar surface area (TPSA) is 86.4 Å². The van der Waals surface area contributed by atoms with E-state index in [-0.39, 0.29) is 12.1 Å². The number of hydrogen-bond donors (Lipinski definition) is 3. The zero-order chi connectivity index (χ0) is 27.0. The summed E-state index contributed by atoms with van der Waals surface area (Å²) in [4.78, 5) is 31.3. The highest BCUT2D eigenvalue weighted by Crippen LogP contribution is 2.14. The molecule has 0 saturated carbocycles. The Kier molecular flexibility index (Phi) is 11.1. The predicted molar refractivity (Wildman–Crippen MR) is 154 cm³/mol. The molecule has 0 aliphatic rings. The molecule has 38 heavy (non-hydrogen) atoms. The lowest BCUT2D eigenvalue weighted by atomic mass is 10.1. The number of carbonyl (C=O) groups is 2. The van der Waals surface area contributed by atoms with Crippen molar-refractivity contribution >= 4 is 23.4 Å². The van der Waals surface area contributed by atoms with Crippen LogP contribution in [0.25, 0.3) is 0 Å². The molecule has 194 valence electrons. The van der Waals surface area contributed by atoms with Crippen LogP contribution >= 0.6 is 0 Å². The van der Waals surface area contributed by atoms with Crippen molar-refractivity contribution in [3.63, 3.8) is 0 Å². The highest BCUT2D eigenvalue weighted by molar-refractivity contribution is 5.89. The van der Waals surface area contributed by atoms with E-state index in [4.69, 9.17) is 0 Å². The first-order valence-corrected chi connectivity index (χ1v) is 12.3. The molecule has 4 aromatic rings.